The van der Waals surface area contributed by atoms with Crippen molar-refractivity contribution in [3.05, 3.63) is 15.7 Å². The van der Waals surface area contributed by atoms with Crippen molar-refractivity contribution in [1.29, 1.82) is 0 Å². The lowest BCUT2D eigenvalue weighted by molar-refractivity contribution is -0.142. The van der Waals surface area contributed by atoms with Crippen LogP contribution in [0.5, 0.6) is 0 Å². The minimum atomic E-state index is -4.36. The third-order valence-electron chi connectivity index (χ3n) is 1.14. The Morgan fingerprint density at radius 2 is 2.23 bits per heavy atom. The highest BCUT2D eigenvalue weighted by Crippen LogP contribution is 2.25. The predicted molar refractivity (Wildman–Crippen MR) is 41.4 cm³/mol. The quantitative estimate of drug-likeness (QED) is 0.765. The van der Waals surface area contributed by atoms with Gasteiger partial charge in [0.2, 0.25) is 0 Å². The first-order chi connectivity index (χ1) is 5.92. The lowest BCUT2D eigenvalue weighted by Crippen LogP contribution is -2.17. The molecule has 0 aliphatic rings. The average molecular weight is 258 g/mol. The molecule has 0 aliphatic carbocycles. The molecule has 0 fully saturated rings. The van der Waals surface area contributed by atoms with Crippen LogP contribution in [-0.4, -0.2) is 16.0 Å². The van der Waals surface area contributed by atoms with Crippen LogP contribution in [0.4, 0.5) is 18.9 Å². The van der Waals surface area contributed by atoms with E-state index in [0.717, 1.165) is 6.20 Å². The molecule has 0 aliphatic heterocycles. The Labute approximate surface area is 78.8 Å². The van der Waals surface area contributed by atoms with Crippen LogP contribution in [0.1, 0.15) is 0 Å². The summed E-state index contributed by atoms with van der Waals surface area (Å²) in [6.45, 7) is -1.23. The second kappa shape index (κ2) is 3.44. The van der Waals surface area contributed by atoms with Crippen molar-refractivity contribution in [2.24, 2.45) is 5.18 Å². The van der Waals surface area contributed by atoms with E-state index >= 15 is 0 Å². The van der Waals surface area contributed by atoms with Gasteiger partial charge in [-0.2, -0.15) is 18.3 Å². The fourth-order valence-electron chi connectivity index (χ4n) is 0.713. The standard InChI is InChI=1S/C5H3BrF3N3O/c6-4-3(11-13)1-12(10-4)2-5(7,8)9/h1H,2H2. The number of nitrogens with zero attached hydrogens (tertiary/aromatic N) is 3. The molecule has 13 heavy (non-hydrogen) atoms. The Balaban J connectivity index is 2.85. The lowest BCUT2D eigenvalue weighted by Gasteiger charge is -2.04. The summed E-state index contributed by atoms with van der Waals surface area (Å²) >= 11 is 2.79. The van der Waals surface area contributed by atoms with E-state index in [4.69, 9.17) is 0 Å². The van der Waals surface area contributed by atoms with E-state index < -0.39 is 12.7 Å². The molecule has 0 bridgehead atoms. The molecule has 0 saturated carbocycles. The molecular weight excluding hydrogens is 255 g/mol. The van der Waals surface area contributed by atoms with E-state index in [1.165, 1.54) is 0 Å². The summed E-state index contributed by atoms with van der Waals surface area (Å²) in [7, 11) is 0. The van der Waals surface area contributed by atoms with Crippen LogP contribution < -0.4 is 0 Å². The molecule has 0 spiro atoms. The second-order valence-corrected chi connectivity index (χ2v) is 2.96. The van der Waals surface area contributed by atoms with Gasteiger partial charge >= 0.3 is 6.18 Å². The highest BCUT2D eigenvalue weighted by atomic mass is 79.9. The van der Waals surface area contributed by atoms with Crippen LogP contribution in [0, 0.1) is 4.91 Å². The SMILES string of the molecule is O=Nc1cn(CC(F)(F)F)nc1Br. The summed E-state index contributed by atoms with van der Waals surface area (Å²) in [5, 5.41) is 5.86. The van der Waals surface area contributed by atoms with Crippen molar-refractivity contribution in [1.82, 2.24) is 9.78 Å². The zero-order chi connectivity index (χ0) is 10.1. The third kappa shape index (κ3) is 2.79. The molecule has 1 aromatic heterocycles. The van der Waals surface area contributed by atoms with Gasteiger partial charge in [-0.1, -0.05) is 0 Å². The zero-order valence-electron chi connectivity index (χ0n) is 6.05. The van der Waals surface area contributed by atoms with Crippen molar-refractivity contribution in [2.75, 3.05) is 0 Å². The lowest BCUT2D eigenvalue weighted by atomic mass is 10.6. The van der Waals surface area contributed by atoms with Gasteiger partial charge < -0.3 is 0 Å². The monoisotopic (exact) mass is 257 g/mol. The van der Waals surface area contributed by atoms with Crippen LogP contribution in [0.15, 0.2) is 16.0 Å². The minimum absolute atomic E-state index is 0.00625. The summed E-state index contributed by atoms with van der Waals surface area (Å²) in [6, 6.07) is 0. The Bertz CT molecular complexity index is 321. The van der Waals surface area contributed by atoms with E-state index in [0.29, 0.717) is 4.68 Å². The third-order valence-corrected chi connectivity index (χ3v) is 1.70. The maximum Gasteiger partial charge on any atom is 0.408 e. The van der Waals surface area contributed by atoms with Crippen molar-refractivity contribution < 1.29 is 13.2 Å². The van der Waals surface area contributed by atoms with Gasteiger partial charge in [0.1, 0.15) is 6.54 Å². The largest absolute Gasteiger partial charge is 0.408 e. The molecule has 72 valence electrons. The Morgan fingerprint density at radius 3 is 2.62 bits per heavy atom. The second-order valence-electron chi connectivity index (χ2n) is 2.21. The van der Waals surface area contributed by atoms with Crippen LogP contribution in [0.2, 0.25) is 0 Å². The Morgan fingerprint density at radius 1 is 1.62 bits per heavy atom. The number of hydrogen-bond acceptors (Lipinski definition) is 3. The summed E-state index contributed by atoms with van der Waals surface area (Å²) in [5.74, 6) is 0. The number of rotatable bonds is 2. The topological polar surface area (TPSA) is 47.2 Å². The van der Waals surface area contributed by atoms with E-state index in [2.05, 4.69) is 26.2 Å². The molecule has 0 N–H and O–H groups in total. The van der Waals surface area contributed by atoms with Crippen LogP contribution in [-0.2, 0) is 6.54 Å². The van der Waals surface area contributed by atoms with E-state index in [1.807, 2.05) is 0 Å². The van der Waals surface area contributed by atoms with E-state index in [-0.39, 0.29) is 10.3 Å². The number of aromatic nitrogens is 2. The van der Waals surface area contributed by atoms with E-state index in [1.54, 1.807) is 0 Å². The summed E-state index contributed by atoms with van der Waals surface area (Å²) in [5.41, 5.74) is -0.149. The van der Waals surface area contributed by atoms with Crippen molar-refractivity contribution in [3.63, 3.8) is 0 Å². The number of halogens is 4. The summed E-state index contributed by atoms with van der Waals surface area (Å²) in [6.07, 6.45) is -3.43. The minimum Gasteiger partial charge on any atom is -0.260 e. The predicted octanol–water partition coefficient (Wildman–Crippen LogP) is 2.61. The van der Waals surface area contributed by atoms with Gasteiger partial charge in [-0.15, -0.1) is 4.91 Å². The molecule has 0 unspecified atom stereocenters. The molecule has 1 heterocycles. The molecule has 8 heteroatoms. The highest BCUT2D eigenvalue weighted by Gasteiger charge is 2.28. The van der Waals surface area contributed by atoms with Gasteiger partial charge in [-0.3, -0.25) is 4.68 Å². The molecule has 0 radical (unpaired) electrons. The maximum atomic E-state index is 11.8. The zero-order valence-corrected chi connectivity index (χ0v) is 7.63. The van der Waals surface area contributed by atoms with Gasteiger partial charge in [0.05, 0.1) is 6.20 Å². The summed E-state index contributed by atoms with van der Waals surface area (Å²) in [4.78, 5) is 9.99. The molecule has 1 aromatic rings. The first kappa shape index (κ1) is 10.2. The van der Waals surface area contributed by atoms with Crippen molar-refractivity contribution in [2.45, 2.75) is 12.7 Å². The molecule has 0 saturated heterocycles. The molecule has 0 aromatic carbocycles. The number of alkyl halides is 3. The first-order valence-corrected chi connectivity index (χ1v) is 3.85. The molecular formula is C5H3BrF3N3O. The van der Waals surface area contributed by atoms with Crippen molar-refractivity contribution in [3.8, 4) is 0 Å². The maximum absolute atomic E-state index is 11.8. The van der Waals surface area contributed by atoms with Crippen LogP contribution in [0.25, 0.3) is 0 Å². The average Bonchev–Trinajstić information content (AvgIpc) is 2.26. The molecule has 0 atom stereocenters. The number of nitroso groups, excluding NO2 is 1. The van der Waals surface area contributed by atoms with Crippen molar-refractivity contribution >= 4 is 21.6 Å². The summed E-state index contributed by atoms with van der Waals surface area (Å²) < 4.78 is 36.0. The van der Waals surface area contributed by atoms with Gasteiger partial charge in [0, 0.05) is 0 Å². The fraction of sp³-hybridized carbons (Fsp3) is 0.400. The van der Waals surface area contributed by atoms with Gasteiger partial charge in [-0.05, 0) is 21.1 Å². The first-order valence-electron chi connectivity index (χ1n) is 3.05. The molecule has 1 rings (SSSR count). The van der Waals surface area contributed by atoms with Gasteiger partial charge in [-0.25, -0.2) is 0 Å². The Kier molecular flexibility index (Phi) is 2.69. The molecule has 0 amide bonds. The van der Waals surface area contributed by atoms with Crippen LogP contribution in [0.3, 0.4) is 0 Å². The molecule has 4 nitrogen and oxygen atoms in total. The van der Waals surface area contributed by atoms with Crippen LogP contribution >= 0.6 is 15.9 Å². The smallest absolute Gasteiger partial charge is 0.260 e. The highest BCUT2D eigenvalue weighted by molar-refractivity contribution is 9.10. The van der Waals surface area contributed by atoms with Gasteiger partial charge in [0.25, 0.3) is 0 Å². The fourth-order valence-corrected chi connectivity index (χ4v) is 1.09. The normalized spacial score (nSPS) is 11.7. The number of hydrogen-bond donors (Lipinski definition) is 0. The Hall–Kier alpha value is -0.920. The van der Waals surface area contributed by atoms with Gasteiger partial charge in [0.15, 0.2) is 10.3 Å². The van der Waals surface area contributed by atoms with E-state index in [9.17, 15) is 18.1 Å².